The van der Waals surface area contributed by atoms with Crippen LogP contribution in [0.3, 0.4) is 0 Å². The predicted molar refractivity (Wildman–Crippen MR) is 88.4 cm³/mol. The third-order valence-electron chi connectivity index (χ3n) is 3.23. The maximum atomic E-state index is 12.0. The minimum Gasteiger partial charge on any atom is -0.483 e. The molecule has 6 nitrogen and oxygen atoms in total. The fraction of sp³-hybridized carbons (Fsp3) is 0.167. The summed E-state index contributed by atoms with van der Waals surface area (Å²) in [5.74, 6) is -0.890. The van der Waals surface area contributed by atoms with Gasteiger partial charge in [-0.25, -0.2) is 4.79 Å². The highest BCUT2D eigenvalue weighted by Gasteiger charge is 2.14. The first kappa shape index (κ1) is 17.2. The molecule has 0 fully saturated rings. The Hall–Kier alpha value is -3.15. The number of carbonyl (C=O) groups is 3. The zero-order valence-electron chi connectivity index (χ0n) is 13.4. The van der Waals surface area contributed by atoms with Gasteiger partial charge in [0.15, 0.2) is 12.4 Å². The van der Waals surface area contributed by atoms with Crippen LogP contribution >= 0.6 is 0 Å². The van der Waals surface area contributed by atoms with E-state index in [1.54, 1.807) is 48.5 Å². The number of hydrogen-bond acceptors (Lipinski definition) is 5. The van der Waals surface area contributed by atoms with Gasteiger partial charge in [0.1, 0.15) is 11.3 Å². The van der Waals surface area contributed by atoms with E-state index in [4.69, 9.17) is 4.74 Å². The van der Waals surface area contributed by atoms with Crippen LogP contribution in [0.25, 0.3) is 0 Å². The fourth-order valence-electron chi connectivity index (χ4n) is 2.10. The number of ketones is 1. The number of benzene rings is 2. The Morgan fingerprint density at radius 1 is 0.958 bits per heavy atom. The lowest BCUT2D eigenvalue weighted by atomic mass is 10.1. The van der Waals surface area contributed by atoms with Crippen molar-refractivity contribution in [1.82, 2.24) is 0 Å². The molecule has 0 heterocycles. The number of ether oxygens (including phenoxy) is 2. The van der Waals surface area contributed by atoms with Gasteiger partial charge < -0.3 is 14.8 Å². The van der Waals surface area contributed by atoms with E-state index in [0.717, 1.165) is 0 Å². The molecule has 6 heteroatoms. The van der Waals surface area contributed by atoms with Crippen LogP contribution in [0.5, 0.6) is 5.75 Å². The summed E-state index contributed by atoms with van der Waals surface area (Å²) < 4.78 is 10.1. The van der Waals surface area contributed by atoms with Crippen molar-refractivity contribution in [3.8, 4) is 5.75 Å². The van der Waals surface area contributed by atoms with Crippen LogP contribution in [0.2, 0.25) is 0 Å². The van der Waals surface area contributed by atoms with Gasteiger partial charge in [-0.2, -0.15) is 0 Å². The first-order valence-corrected chi connectivity index (χ1v) is 7.23. The number of rotatable bonds is 6. The molecule has 1 amide bonds. The molecule has 0 radical (unpaired) electrons. The van der Waals surface area contributed by atoms with Crippen molar-refractivity contribution >= 4 is 23.3 Å². The van der Waals surface area contributed by atoms with Gasteiger partial charge in [0.05, 0.1) is 12.8 Å². The van der Waals surface area contributed by atoms with Gasteiger partial charge in [-0.1, -0.05) is 24.3 Å². The molecule has 0 spiro atoms. The Kier molecular flexibility index (Phi) is 5.68. The van der Waals surface area contributed by atoms with E-state index in [1.165, 1.54) is 14.0 Å². The molecule has 0 aromatic heterocycles. The number of esters is 1. The summed E-state index contributed by atoms with van der Waals surface area (Å²) in [4.78, 5) is 35.2. The van der Waals surface area contributed by atoms with Crippen LogP contribution in [0.15, 0.2) is 48.5 Å². The van der Waals surface area contributed by atoms with Crippen LogP contribution < -0.4 is 10.1 Å². The van der Waals surface area contributed by atoms with Gasteiger partial charge in [-0.05, 0) is 31.2 Å². The highest BCUT2D eigenvalue weighted by Crippen LogP contribution is 2.19. The molecule has 1 N–H and O–H groups in total. The van der Waals surface area contributed by atoms with E-state index in [0.29, 0.717) is 11.3 Å². The van der Waals surface area contributed by atoms with E-state index in [1.807, 2.05) is 0 Å². The molecular formula is C18H17NO5. The molecule has 0 unspecified atom stereocenters. The molecule has 0 aliphatic carbocycles. The van der Waals surface area contributed by atoms with E-state index in [-0.39, 0.29) is 23.7 Å². The number of amides is 1. The molecule has 24 heavy (non-hydrogen) atoms. The maximum absolute atomic E-state index is 12.0. The number of methoxy groups -OCH3 is 1. The average Bonchev–Trinajstić information content (AvgIpc) is 2.59. The third-order valence-corrected chi connectivity index (χ3v) is 3.23. The molecule has 0 aliphatic heterocycles. The number of anilines is 1. The van der Waals surface area contributed by atoms with Gasteiger partial charge >= 0.3 is 5.97 Å². The molecule has 0 atom stereocenters. The number of hydrogen-bond donors (Lipinski definition) is 1. The largest absolute Gasteiger partial charge is 0.483 e. The lowest BCUT2D eigenvalue weighted by Gasteiger charge is -2.11. The maximum Gasteiger partial charge on any atom is 0.341 e. The monoisotopic (exact) mass is 327 g/mol. The molecule has 0 aliphatic rings. The molecule has 0 saturated heterocycles. The van der Waals surface area contributed by atoms with E-state index >= 15 is 0 Å². The zero-order chi connectivity index (χ0) is 17.5. The Labute approximate surface area is 139 Å². The first-order chi connectivity index (χ1) is 11.5. The molecule has 2 aromatic rings. The normalized spacial score (nSPS) is 9.92. The van der Waals surface area contributed by atoms with Crippen molar-refractivity contribution < 1.29 is 23.9 Å². The summed E-state index contributed by atoms with van der Waals surface area (Å²) >= 11 is 0. The second-order valence-corrected chi connectivity index (χ2v) is 4.93. The van der Waals surface area contributed by atoms with Gasteiger partial charge in [-0.15, -0.1) is 0 Å². The van der Waals surface area contributed by atoms with Gasteiger partial charge in [0.2, 0.25) is 0 Å². The summed E-state index contributed by atoms with van der Waals surface area (Å²) in [7, 11) is 1.27. The third kappa shape index (κ3) is 4.19. The summed E-state index contributed by atoms with van der Waals surface area (Å²) in [6, 6.07) is 13.2. The molecule has 2 aromatic carbocycles. The van der Waals surface area contributed by atoms with Gasteiger partial charge in [0.25, 0.3) is 5.91 Å². The van der Waals surface area contributed by atoms with Crippen LogP contribution in [0.4, 0.5) is 5.69 Å². The standard InChI is InChI=1S/C18H17NO5/c1-12(20)13-7-3-5-9-15(13)19-17(21)11-24-16-10-6-4-8-14(16)18(22)23-2/h3-10H,11H2,1-2H3,(H,19,21). The number of carbonyl (C=O) groups excluding carboxylic acids is 3. The van der Waals surface area contributed by atoms with E-state index in [9.17, 15) is 14.4 Å². The van der Waals surface area contributed by atoms with Crippen molar-refractivity contribution in [3.05, 3.63) is 59.7 Å². The summed E-state index contributed by atoms with van der Waals surface area (Å²) in [5.41, 5.74) is 1.07. The van der Waals surface area contributed by atoms with Crippen LogP contribution in [-0.4, -0.2) is 31.4 Å². The summed E-state index contributed by atoms with van der Waals surface area (Å²) in [6.45, 7) is 1.12. The number of nitrogens with one attached hydrogen (secondary N) is 1. The molecule has 0 saturated carbocycles. The van der Waals surface area contributed by atoms with Gasteiger partial charge in [-0.3, -0.25) is 9.59 Å². The minimum atomic E-state index is -0.548. The number of Topliss-reactive ketones (excluding diaryl/α,β-unsaturated/α-hetero) is 1. The average molecular weight is 327 g/mol. The zero-order valence-corrected chi connectivity index (χ0v) is 13.4. The van der Waals surface area contributed by atoms with Gasteiger partial charge in [0, 0.05) is 5.56 Å². The van der Waals surface area contributed by atoms with Crippen LogP contribution in [-0.2, 0) is 9.53 Å². The lowest BCUT2D eigenvalue weighted by Crippen LogP contribution is -2.22. The summed E-state index contributed by atoms with van der Waals surface area (Å²) in [6.07, 6.45) is 0. The van der Waals surface area contributed by atoms with Crippen molar-refractivity contribution in [2.24, 2.45) is 0 Å². The van der Waals surface area contributed by atoms with E-state index < -0.39 is 11.9 Å². The topological polar surface area (TPSA) is 81.7 Å². The minimum absolute atomic E-state index is 0.150. The lowest BCUT2D eigenvalue weighted by molar-refractivity contribution is -0.118. The Morgan fingerprint density at radius 2 is 1.58 bits per heavy atom. The van der Waals surface area contributed by atoms with Crippen LogP contribution in [0.1, 0.15) is 27.6 Å². The van der Waals surface area contributed by atoms with Crippen LogP contribution in [0, 0.1) is 0 Å². The Morgan fingerprint density at radius 3 is 2.25 bits per heavy atom. The Bertz CT molecular complexity index is 770. The van der Waals surface area contributed by atoms with Crippen molar-refractivity contribution in [1.29, 1.82) is 0 Å². The second kappa shape index (κ2) is 7.92. The predicted octanol–water partition coefficient (Wildman–Crippen LogP) is 2.69. The molecule has 124 valence electrons. The van der Waals surface area contributed by atoms with Crippen molar-refractivity contribution in [3.63, 3.8) is 0 Å². The first-order valence-electron chi connectivity index (χ1n) is 7.23. The molecular weight excluding hydrogens is 310 g/mol. The smallest absolute Gasteiger partial charge is 0.341 e. The second-order valence-electron chi connectivity index (χ2n) is 4.93. The number of para-hydroxylation sites is 2. The summed E-state index contributed by atoms with van der Waals surface area (Å²) in [5, 5.41) is 2.62. The Balaban J connectivity index is 2.05. The highest BCUT2D eigenvalue weighted by atomic mass is 16.5. The fourth-order valence-corrected chi connectivity index (χ4v) is 2.10. The van der Waals surface area contributed by atoms with Crippen molar-refractivity contribution in [2.75, 3.05) is 19.0 Å². The van der Waals surface area contributed by atoms with E-state index in [2.05, 4.69) is 10.1 Å². The quantitative estimate of drug-likeness (QED) is 0.651. The SMILES string of the molecule is COC(=O)c1ccccc1OCC(=O)Nc1ccccc1C(C)=O. The molecule has 0 bridgehead atoms. The highest BCUT2D eigenvalue weighted by molar-refractivity contribution is 6.04. The van der Waals surface area contributed by atoms with Crippen molar-refractivity contribution in [2.45, 2.75) is 6.92 Å². The molecule has 2 rings (SSSR count).